The molecule has 0 saturated carbocycles. The first-order valence-corrected chi connectivity index (χ1v) is 13.1. The van der Waals surface area contributed by atoms with Gasteiger partial charge in [-0.25, -0.2) is 0 Å². The van der Waals surface area contributed by atoms with Gasteiger partial charge in [0.2, 0.25) is 5.72 Å². The largest absolute Gasteiger partial charge is 0.388 e. The first-order valence-electron chi connectivity index (χ1n) is 15.4. The van der Waals surface area contributed by atoms with Crippen molar-refractivity contribution >= 4 is 5.78 Å². The predicted octanol–water partition coefficient (Wildman–Crippen LogP) is 2.97. The highest BCUT2D eigenvalue weighted by Gasteiger charge is 2.65. The molecule has 0 aromatic heterocycles. The number of carbonyl (C=O) groups is 1. The second-order valence-electron chi connectivity index (χ2n) is 9.77. The number of rotatable bonds is 14. The van der Waals surface area contributed by atoms with Crippen LogP contribution >= 0.6 is 0 Å². The average Bonchev–Trinajstić information content (AvgIpc) is 3.09. The third-order valence-electron chi connectivity index (χ3n) is 6.81. The first-order chi connectivity index (χ1) is 21.4. The van der Waals surface area contributed by atoms with Crippen LogP contribution in [0.4, 0.5) is 0 Å². The van der Waals surface area contributed by atoms with Crippen LogP contribution < -0.4 is 5.73 Å². The average molecular weight is 560 g/mol. The van der Waals surface area contributed by atoms with Crippen molar-refractivity contribution in [1.29, 1.82) is 0 Å². The Morgan fingerprint density at radius 1 is 0.707 bits per heavy atom. The number of nitrogens with two attached hydrogens (primary N) is 1. The van der Waals surface area contributed by atoms with E-state index in [0.717, 1.165) is 0 Å². The van der Waals surface area contributed by atoms with Gasteiger partial charge in [-0.15, -0.1) is 0 Å². The van der Waals surface area contributed by atoms with E-state index in [0.29, 0.717) is 5.56 Å². The minimum Gasteiger partial charge on any atom is -0.388 e. The molecule has 0 spiro atoms. The number of aliphatic hydroxyl groups excluding tert-OH is 1. The van der Waals surface area contributed by atoms with E-state index in [1.807, 2.05) is 0 Å². The molecule has 6 N–H and O–H groups in total. The highest BCUT2D eigenvalue weighted by Crippen LogP contribution is 2.40. The van der Waals surface area contributed by atoms with E-state index >= 15 is 0 Å². The Bertz CT molecular complexity index is 1520. The van der Waals surface area contributed by atoms with Crippen molar-refractivity contribution in [3.05, 3.63) is 144 Å². The number of Topliss-reactive ketones (excluding diaryl/α,β-unsaturated/α-hetero) is 1. The molecule has 0 fully saturated rings. The molecule has 7 heteroatoms. The van der Waals surface area contributed by atoms with E-state index in [9.17, 15) is 28.0 Å². The van der Waals surface area contributed by atoms with Crippen LogP contribution in [-0.4, -0.2) is 55.8 Å². The van der Waals surface area contributed by atoms with Gasteiger partial charge in [-0.1, -0.05) is 121 Å². The lowest BCUT2D eigenvalue weighted by molar-refractivity contribution is -0.270. The van der Waals surface area contributed by atoms with Crippen molar-refractivity contribution in [2.45, 2.75) is 48.8 Å². The fourth-order valence-corrected chi connectivity index (χ4v) is 4.48. The molecule has 4 aromatic carbocycles. The third-order valence-corrected chi connectivity index (χ3v) is 6.81. The van der Waals surface area contributed by atoms with Gasteiger partial charge in [0.15, 0.2) is 5.78 Å². The van der Waals surface area contributed by atoms with E-state index < -0.39 is 61.2 Å². The maximum absolute atomic E-state index is 13.9. The fourth-order valence-electron chi connectivity index (χ4n) is 4.48. The zero-order chi connectivity index (χ0) is 32.8. The van der Waals surface area contributed by atoms with Crippen LogP contribution in [0.5, 0.6) is 0 Å². The zero-order valence-corrected chi connectivity index (χ0v) is 22.3. The molecule has 214 valence electrons. The minimum absolute atomic E-state index is 0.0209. The molecule has 0 radical (unpaired) electrons. The number of ketones is 1. The minimum atomic E-state index is -3.60. The van der Waals surface area contributed by atoms with Crippen molar-refractivity contribution in [2.24, 2.45) is 5.73 Å². The summed E-state index contributed by atoms with van der Waals surface area (Å²) in [4.78, 5) is 13.9. The molecular weight excluding hydrogens is 518 g/mol. The molecule has 7 nitrogen and oxygen atoms in total. The summed E-state index contributed by atoms with van der Waals surface area (Å²) in [5.41, 5.74) is -3.65. The molecule has 8 atom stereocenters. The van der Waals surface area contributed by atoms with Gasteiger partial charge in [0, 0.05) is 23.3 Å². The quantitative estimate of drug-likeness (QED) is 0.150. The van der Waals surface area contributed by atoms with E-state index in [-0.39, 0.29) is 16.7 Å². The summed E-state index contributed by atoms with van der Waals surface area (Å²) >= 11 is 0. The van der Waals surface area contributed by atoms with Crippen LogP contribution in [0.2, 0.25) is 0 Å². The van der Waals surface area contributed by atoms with Gasteiger partial charge in [-0.2, -0.15) is 0 Å². The Balaban J connectivity index is 1.89. The normalized spacial score (nSPS) is 21.1. The number of aliphatic hydroxyl groups is 4. The highest BCUT2D eigenvalue weighted by molar-refractivity contribution is 5.90. The topological polar surface area (TPSA) is 133 Å². The summed E-state index contributed by atoms with van der Waals surface area (Å²) in [5.74, 6) is -1.49. The zero-order valence-electron chi connectivity index (χ0n) is 26.3. The summed E-state index contributed by atoms with van der Waals surface area (Å²) in [5, 5.41) is 48.8. The second kappa shape index (κ2) is 13.3. The molecule has 0 saturated heterocycles. The molecule has 4 rings (SSSR count). The lowest BCUT2D eigenvalue weighted by Crippen LogP contribution is -2.79. The Morgan fingerprint density at radius 2 is 1.12 bits per heavy atom. The number of benzene rings is 4. The van der Waals surface area contributed by atoms with Crippen molar-refractivity contribution in [3.63, 3.8) is 0 Å². The van der Waals surface area contributed by atoms with Gasteiger partial charge >= 0.3 is 0 Å². The van der Waals surface area contributed by atoms with E-state index in [1.165, 1.54) is 48.5 Å². The van der Waals surface area contributed by atoms with Crippen LogP contribution in [0.3, 0.4) is 0 Å². The number of hydrogen-bond donors (Lipinski definition) is 5. The molecule has 0 aliphatic heterocycles. The van der Waals surface area contributed by atoms with Crippen molar-refractivity contribution in [1.82, 2.24) is 0 Å². The van der Waals surface area contributed by atoms with E-state index in [2.05, 4.69) is 0 Å². The van der Waals surface area contributed by atoms with Crippen LogP contribution in [0.1, 0.15) is 27.7 Å². The van der Waals surface area contributed by atoms with Gasteiger partial charge in [0.05, 0.1) is 14.6 Å². The summed E-state index contributed by atoms with van der Waals surface area (Å²) in [7, 11) is 0. The van der Waals surface area contributed by atoms with Crippen LogP contribution in [0, 0.1) is 0 Å². The molecule has 0 bridgehead atoms. The smallest absolute Gasteiger partial charge is 0.206 e. The monoisotopic (exact) mass is 559 g/mol. The predicted molar refractivity (Wildman–Crippen MR) is 157 cm³/mol. The summed E-state index contributed by atoms with van der Waals surface area (Å²) in [6.45, 7) is -2.24. The molecule has 41 heavy (non-hydrogen) atoms. The summed E-state index contributed by atoms with van der Waals surface area (Å²) in [6, 6.07) is 30.9. The third kappa shape index (κ3) is 6.97. The lowest BCUT2D eigenvalue weighted by atomic mass is 9.65. The van der Waals surface area contributed by atoms with E-state index in [1.54, 1.807) is 72.8 Å². The van der Waals surface area contributed by atoms with Gasteiger partial charge < -0.3 is 25.2 Å². The Hall–Kier alpha value is -3.69. The number of carbonyl (C=O) groups excluding carboxylic acids is 1. The highest BCUT2D eigenvalue weighted by atomic mass is 16.5. The second-order valence-corrected chi connectivity index (χ2v) is 9.77. The molecule has 0 heterocycles. The first kappa shape index (κ1) is 25.1. The SMILES string of the molecule is [2H]C(OC[C@@H](O)[C@](O)(C([2H])c1ccccc1)[C@@](O)(C([2H])c1ccccc1)[C@@](N)(O)C(=O)C([2H])c1ccccc1)c1ccccc1. The molecule has 4 aromatic rings. The standard InChI is InChI=1S/C34H37NO6/c35-34(40,30(36)21-26-13-5-1-6-14-26)33(39,23-28-17-9-3-10-18-28)32(38,22-27-15-7-2-8-16-27)31(37)25-41-24-29-19-11-4-12-20-29/h1-20,31,37-40H,21-25,35H2/t31-,32-,33+,34+/m1/s1/i21D,22D,23D,24D/t21?,22?,23?,24?,31-,32-,33+,34+. The molecular formula is C34H37NO6. The van der Waals surface area contributed by atoms with Gasteiger partial charge in [0.25, 0.3) is 0 Å². The van der Waals surface area contributed by atoms with Crippen LogP contribution in [0.15, 0.2) is 121 Å². The van der Waals surface area contributed by atoms with E-state index in [4.69, 9.17) is 13.2 Å². The van der Waals surface area contributed by atoms with Crippen molar-refractivity contribution < 1.29 is 35.4 Å². The van der Waals surface area contributed by atoms with Gasteiger partial charge in [-0.3, -0.25) is 10.5 Å². The summed E-state index contributed by atoms with van der Waals surface area (Å²) in [6.07, 6.45) is -8.38. The number of ether oxygens (including phenoxy) is 1. The molecule has 0 aliphatic carbocycles. The molecule has 0 aliphatic rings. The number of hydrogen-bond acceptors (Lipinski definition) is 7. The Kier molecular flexibility index (Phi) is 8.14. The maximum atomic E-state index is 13.9. The van der Waals surface area contributed by atoms with Crippen LogP contribution in [-0.2, 0) is 35.3 Å². The van der Waals surface area contributed by atoms with Crippen molar-refractivity contribution in [3.8, 4) is 0 Å². The Labute approximate surface area is 246 Å². The summed E-state index contributed by atoms with van der Waals surface area (Å²) < 4.78 is 40.9. The van der Waals surface area contributed by atoms with Crippen molar-refractivity contribution in [2.75, 3.05) is 6.61 Å². The van der Waals surface area contributed by atoms with Gasteiger partial charge in [0.1, 0.15) is 17.3 Å². The van der Waals surface area contributed by atoms with Crippen LogP contribution in [0.25, 0.3) is 0 Å². The fraction of sp³-hybridized carbons (Fsp3) is 0.265. The van der Waals surface area contributed by atoms with Gasteiger partial charge in [-0.05, 0) is 22.3 Å². The lowest BCUT2D eigenvalue weighted by Gasteiger charge is -2.52. The molecule has 0 amide bonds. The Morgan fingerprint density at radius 3 is 1.61 bits per heavy atom. The maximum Gasteiger partial charge on any atom is 0.206 e. The molecule has 4 unspecified atom stereocenters.